The van der Waals surface area contributed by atoms with Gasteiger partial charge in [0.25, 0.3) is 0 Å². The Morgan fingerprint density at radius 2 is 1.94 bits per heavy atom. The summed E-state index contributed by atoms with van der Waals surface area (Å²) >= 11 is 0. The molecule has 2 amide bonds. The van der Waals surface area contributed by atoms with Crippen molar-refractivity contribution in [2.75, 3.05) is 6.54 Å². The van der Waals surface area contributed by atoms with Gasteiger partial charge in [0.15, 0.2) is 0 Å². The zero-order chi connectivity index (χ0) is 12.0. The highest BCUT2D eigenvalue weighted by Crippen LogP contribution is 2.49. The third kappa shape index (κ3) is 1.61. The Kier molecular flexibility index (Phi) is 2.51. The lowest BCUT2D eigenvalue weighted by molar-refractivity contribution is -0.144. The monoisotopic (exact) mass is 236 g/mol. The second kappa shape index (κ2) is 3.80. The Morgan fingerprint density at radius 3 is 2.47 bits per heavy atom. The first-order valence-corrected chi connectivity index (χ1v) is 6.74. The largest absolute Gasteiger partial charge is 0.328 e. The van der Waals surface area contributed by atoms with Crippen molar-refractivity contribution in [3.63, 3.8) is 0 Å². The first-order valence-electron chi connectivity index (χ1n) is 6.74. The van der Waals surface area contributed by atoms with E-state index in [1.165, 1.54) is 4.90 Å². The summed E-state index contributed by atoms with van der Waals surface area (Å²) in [5.41, 5.74) is 5.43. The highest BCUT2D eigenvalue weighted by molar-refractivity contribution is 6.06. The van der Waals surface area contributed by atoms with Crippen LogP contribution in [0.25, 0.3) is 0 Å². The lowest BCUT2D eigenvalue weighted by atomic mass is 9.84. The Morgan fingerprint density at radius 1 is 1.29 bits per heavy atom. The van der Waals surface area contributed by atoms with Gasteiger partial charge in [-0.2, -0.15) is 0 Å². The van der Waals surface area contributed by atoms with Crippen molar-refractivity contribution in [3.8, 4) is 0 Å². The lowest BCUT2D eigenvalue weighted by Gasteiger charge is -2.27. The fourth-order valence-electron chi connectivity index (χ4n) is 3.59. The van der Waals surface area contributed by atoms with Gasteiger partial charge >= 0.3 is 0 Å². The molecular weight excluding hydrogens is 216 g/mol. The first kappa shape index (κ1) is 11.2. The molecule has 1 saturated heterocycles. The van der Waals surface area contributed by atoms with E-state index in [4.69, 9.17) is 5.73 Å². The number of carbonyl (C=O) groups is 2. The molecule has 2 saturated carbocycles. The van der Waals surface area contributed by atoms with Crippen LogP contribution in [0.1, 0.15) is 44.9 Å². The molecule has 3 aliphatic rings. The van der Waals surface area contributed by atoms with Crippen LogP contribution in [0.4, 0.5) is 0 Å². The van der Waals surface area contributed by atoms with E-state index < -0.39 is 0 Å². The van der Waals surface area contributed by atoms with Crippen LogP contribution in [0.3, 0.4) is 0 Å². The maximum absolute atomic E-state index is 12.5. The summed E-state index contributed by atoms with van der Waals surface area (Å²) in [6, 6.07) is -0.0185. The van der Waals surface area contributed by atoms with Gasteiger partial charge in [0.05, 0.1) is 11.5 Å². The second-order valence-corrected chi connectivity index (χ2v) is 5.87. The van der Waals surface area contributed by atoms with Gasteiger partial charge in [-0.15, -0.1) is 0 Å². The van der Waals surface area contributed by atoms with Gasteiger partial charge in [-0.25, -0.2) is 0 Å². The number of carbonyl (C=O) groups excluding carboxylic acids is 2. The minimum Gasteiger partial charge on any atom is -0.328 e. The first-order chi connectivity index (χ1) is 8.18. The van der Waals surface area contributed by atoms with Crippen LogP contribution in [-0.2, 0) is 9.59 Å². The predicted octanol–water partition coefficient (Wildman–Crippen LogP) is 1.04. The summed E-state index contributed by atoms with van der Waals surface area (Å²) in [4.78, 5) is 26.2. The van der Waals surface area contributed by atoms with Crippen LogP contribution in [-0.4, -0.2) is 29.3 Å². The normalized spacial score (nSPS) is 29.4. The third-order valence-corrected chi connectivity index (χ3v) is 4.73. The van der Waals surface area contributed by atoms with Crippen molar-refractivity contribution in [2.24, 2.45) is 17.1 Å². The molecule has 1 unspecified atom stereocenters. The van der Waals surface area contributed by atoms with E-state index >= 15 is 0 Å². The van der Waals surface area contributed by atoms with Crippen molar-refractivity contribution >= 4 is 11.8 Å². The molecule has 94 valence electrons. The molecule has 4 heteroatoms. The maximum atomic E-state index is 12.5. The van der Waals surface area contributed by atoms with Gasteiger partial charge in [-0.1, -0.05) is 12.8 Å². The highest BCUT2D eigenvalue weighted by Gasteiger charge is 2.55. The van der Waals surface area contributed by atoms with Gasteiger partial charge in [0.2, 0.25) is 11.8 Å². The summed E-state index contributed by atoms with van der Waals surface area (Å²) < 4.78 is 0. The summed E-state index contributed by atoms with van der Waals surface area (Å²) in [6.07, 6.45) is 6.64. The van der Waals surface area contributed by atoms with Crippen LogP contribution in [0.5, 0.6) is 0 Å². The van der Waals surface area contributed by atoms with Gasteiger partial charge in [-0.3, -0.25) is 14.5 Å². The molecule has 3 fully saturated rings. The highest BCUT2D eigenvalue weighted by atomic mass is 16.2. The number of amides is 2. The molecule has 1 aliphatic heterocycles. The van der Waals surface area contributed by atoms with Crippen LogP contribution >= 0.6 is 0 Å². The molecule has 2 N–H and O–H groups in total. The summed E-state index contributed by atoms with van der Waals surface area (Å²) in [5, 5.41) is 0. The molecular formula is C13H20N2O2. The number of imide groups is 1. The number of nitrogens with zero attached hydrogens (tertiary/aromatic N) is 1. The predicted molar refractivity (Wildman–Crippen MR) is 62.9 cm³/mol. The molecule has 1 spiro atoms. The Balaban J connectivity index is 1.85. The Labute approximate surface area is 102 Å². The topological polar surface area (TPSA) is 63.4 Å². The second-order valence-electron chi connectivity index (χ2n) is 5.87. The van der Waals surface area contributed by atoms with Gasteiger partial charge in [-0.05, 0) is 31.6 Å². The molecule has 0 aromatic heterocycles. The van der Waals surface area contributed by atoms with Crippen molar-refractivity contribution < 1.29 is 9.59 Å². The lowest BCUT2D eigenvalue weighted by Crippen LogP contribution is -2.47. The number of likely N-dealkylation sites (tertiary alicyclic amines) is 1. The number of hydrogen-bond donors (Lipinski definition) is 1. The van der Waals surface area contributed by atoms with Gasteiger partial charge in [0, 0.05) is 13.0 Å². The van der Waals surface area contributed by atoms with E-state index in [2.05, 4.69) is 0 Å². The molecule has 4 nitrogen and oxygen atoms in total. The minimum atomic E-state index is -0.334. The van der Waals surface area contributed by atoms with Crippen molar-refractivity contribution in [3.05, 3.63) is 0 Å². The quantitative estimate of drug-likeness (QED) is 0.745. The van der Waals surface area contributed by atoms with E-state index in [-0.39, 0.29) is 23.3 Å². The molecule has 0 bridgehead atoms. The zero-order valence-corrected chi connectivity index (χ0v) is 10.2. The van der Waals surface area contributed by atoms with E-state index in [0.29, 0.717) is 18.9 Å². The maximum Gasteiger partial charge on any atom is 0.236 e. The average molecular weight is 236 g/mol. The Bertz CT molecular complexity index is 356. The van der Waals surface area contributed by atoms with Crippen LogP contribution in [0.15, 0.2) is 0 Å². The van der Waals surface area contributed by atoms with E-state index in [9.17, 15) is 9.59 Å². The fourth-order valence-corrected chi connectivity index (χ4v) is 3.59. The third-order valence-electron chi connectivity index (χ3n) is 4.73. The van der Waals surface area contributed by atoms with Crippen LogP contribution < -0.4 is 5.73 Å². The molecule has 0 aromatic rings. The number of nitrogens with two attached hydrogens (primary N) is 1. The number of hydrogen-bond acceptors (Lipinski definition) is 3. The SMILES string of the molecule is NCC(C1CC1)N1C(=O)CC2(CCCC2)C1=O. The van der Waals surface area contributed by atoms with Gasteiger partial charge < -0.3 is 5.73 Å². The fraction of sp³-hybridized carbons (Fsp3) is 0.846. The van der Waals surface area contributed by atoms with Crippen molar-refractivity contribution in [1.29, 1.82) is 0 Å². The van der Waals surface area contributed by atoms with E-state index in [0.717, 1.165) is 38.5 Å². The minimum absolute atomic E-state index is 0.0185. The summed E-state index contributed by atoms with van der Waals surface area (Å²) in [7, 11) is 0. The van der Waals surface area contributed by atoms with Crippen LogP contribution in [0.2, 0.25) is 0 Å². The van der Waals surface area contributed by atoms with Gasteiger partial charge in [0.1, 0.15) is 0 Å². The smallest absolute Gasteiger partial charge is 0.236 e. The zero-order valence-electron chi connectivity index (χ0n) is 10.2. The van der Waals surface area contributed by atoms with E-state index in [1.807, 2.05) is 0 Å². The van der Waals surface area contributed by atoms with Crippen LogP contribution in [0, 0.1) is 11.3 Å². The molecule has 17 heavy (non-hydrogen) atoms. The van der Waals surface area contributed by atoms with Crippen molar-refractivity contribution in [1.82, 2.24) is 4.90 Å². The summed E-state index contributed by atoms with van der Waals surface area (Å²) in [5.74, 6) is 0.589. The van der Waals surface area contributed by atoms with Crippen molar-refractivity contribution in [2.45, 2.75) is 51.0 Å². The molecule has 3 rings (SSSR count). The van der Waals surface area contributed by atoms with E-state index in [1.54, 1.807) is 0 Å². The molecule has 1 heterocycles. The average Bonchev–Trinajstić information content (AvgIpc) is 2.99. The Hall–Kier alpha value is -0.900. The molecule has 2 aliphatic carbocycles. The molecule has 0 radical (unpaired) electrons. The summed E-state index contributed by atoms with van der Waals surface area (Å²) in [6.45, 7) is 0.429. The molecule has 0 aromatic carbocycles. The number of rotatable bonds is 3. The molecule has 1 atom stereocenters. The standard InChI is InChI=1S/C13H20N2O2/c14-8-10(9-3-4-9)15-11(16)7-13(12(15)17)5-1-2-6-13/h9-10H,1-8,14H2.